The molecule has 0 spiro atoms. The van der Waals surface area contributed by atoms with Crippen LogP contribution in [-0.4, -0.2) is 44.8 Å². The van der Waals surface area contributed by atoms with E-state index >= 15 is 0 Å². The van der Waals surface area contributed by atoms with Crippen LogP contribution >= 0.6 is 0 Å². The number of carbonyl (C=O) groups excluding carboxylic acids is 2. The SMILES string of the molecule is C=CCOc1ccc(/C=C/C(=O)OCC(=O)NCCc2ccc3c(c2)OCCO3)cc1. The number of hydrogen-bond acceptors (Lipinski definition) is 6. The van der Waals surface area contributed by atoms with Crippen LogP contribution in [0.4, 0.5) is 0 Å². The van der Waals surface area contributed by atoms with Gasteiger partial charge in [-0.3, -0.25) is 4.79 Å². The third-order valence-electron chi connectivity index (χ3n) is 4.35. The van der Waals surface area contributed by atoms with Crippen LogP contribution in [0.2, 0.25) is 0 Å². The lowest BCUT2D eigenvalue weighted by atomic mass is 10.1. The Hall–Kier alpha value is -3.74. The fourth-order valence-electron chi connectivity index (χ4n) is 2.82. The zero-order chi connectivity index (χ0) is 21.9. The summed E-state index contributed by atoms with van der Waals surface area (Å²) in [5, 5.41) is 2.73. The molecule has 31 heavy (non-hydrogen) atoms. The van der Waals surface area contributed by atoms with E-state index in [1.54, 1.807) is 24.3 Å². The van der Waals surface area contributed by atoms with Gasteiger partial charge in [-0.25, -0.2) is 4.79 Å². The Bertz CT molecular complexity index is 936. The molecular formula is C24H25NO6. The van der Waals surface area contributed by atoms with Crippen molar-refractivity contribution in [3.8, 4) is 17.2 Å². The summed E-state index contributed by atoms with van der Waals surface area (Å²) >= 11 is 0. The van der Waals surface area contributed by atoms with Crippen molar-refractivity contribution >= 4 is 18.0 Å². The Labute approximate surface area is 181 Å². The van der Waals surface area contributed by atoms with Gasteiger partial charge in [-0.15, -0.1) is 0 Å². The lowest BCUT2D eigenvalue weighted by molar-refractivity contribution is -0.143. The van der Waals surface area contributed by atoms with Crippen LogP contribution in [-0.2, 0) is 20.7 Å². The number of amides is 1. The van der Waals surface area contributed by atoms with E-state index in [1.165, 1.54) is 6.08 Å². The van der Waals surface area contributed by atoms with Gasteiger partial charge in [0.25, 0.3) is 5.91 Å². The van der Waals surface area contributed by atoms with E-state index in [9.17, 15) is 9.59 Å². The van der Waals surface area contributed by atoms with E-state index in [0.29, 0.717) is 38.5 Å². The third-order valence-corrected chi connectivity index (χ3v) is 4.35. The Morgan fingerprint density at radius 3 is 2.61 bits per heavy atom. The number of fused-ring (bicyclic) bond motifs is 1. The maximum Gasteiger partial charge on any atom is 0.331 e. The monoisotopic (exact) mass is 423 g/mol. The molecule has 0 saturated heterocycles. The molecule has 2 aromatic rings. The van der Waals surface area contributed by atoms with Gasteiger partial charge in [0.05, 0.1) is 0 Å². The molecule has 0 radical (unpaired) electrons. The summed E-state index contributed by atoms with van der Waals surface area (Å²) in [7, 11) is 0. The molecule has 7 nitrogen and oxygen atoms in total. The molecule has 1 aliphatic heterocycles. The molecule has 0 aliphatic carbocycles. The highest BCUT2D eigenvalue weighted by Gasteiger charge is 2.12. The Balaban J connectivity index is 1.35. The van der Waals surface area contributed by atoms with Gasteiger partial charge in [0.1, 0.15) is 25.6 Å². The first-order valence-electron chi connectivity index (χ1n) is 9.98. The lowest BCUT2D eigenvalue weighted by Gasteiger charge is -2.18. The molecule has 0 unspecified atom stereocenters. The van der Waals surface area contributed by atoms with Crippen molar-refractivity contribution in [1.29, 1.82) is 0 Å². The van der Waals surface area contributed by atoms with Gasteiger partial charge >= 0.3 is 5.97 Å². The summed E-state index contributed by atoms with van der Waals surface area (Å²) < 4.78 is 21.4. The smallest absolute Gasteiger partial charge is 0.331 e. The Kier molecular flexibility index (Phi) is 8.11. The maximum absolute atomic E-state index is 11.9. The van der Waals surface area contributed by atoms with Gasteiger partial charge in [-0.05, 0) is 47.9 Å². The fraction of sp³-hybridized carbons (Fsp3) is 0.250. The second-order valence-electron chi connectivity index (χ2n) is 6.69. The van der Waals surface area contributed by atoms with Crippen molar-refractivity contribution < 1.29 is 28.5 Å². The fourth-order valence-corrected chi connectivity index (χ4v) is 2.82. The van der Waals surface area contributed by atoms with E-state index < -0.39 is 5.97 Å². The van der Waals surface area contributed by atoms with Gasteiger partial charge in [-0.1, -0.05) is 30.9 Å². The minimum Gasteiger partial charge on any atom is -0.490 e. The molecule has 1 heterocycles. The van der Waals surface area contributed by atoms with Gasteiger partial charge in [0, 0.05) is 12.6 Å². The number of rotatable bonds is 10. The Morgan fingerprint density at radius 1 is 1.06 bits per heavy atom. The van der Waals surface area contributed by atoms with Crippen LogP contribution in [0.3, 0.4) is 0 Å². The molecule has 0 atom stereocenters. The van der Waals surface area contributed by atoms with Crippen LogP contribution in [0, 0.1) is 0 Å². The summed E-state index contributed by atoms with van der Waals surface area (Å²) in [6, 6.07) is 12.9. The van der Waals surface area contributed by atoms with E-state index in [-0.39, 0.29) is 12.5 Å². The molecule has 3 rings (SSSR count). The topological polar surface area (TPSA) is 83.1 Å². The summed E-state index contributed by atoms with van der Waals surface area (Å²) in [4.78, 5) is 23.7. The highest BCUT2D eigenvalue weighted by Crippen LogP contribution is 2.30. The number of ether oxygens (including phenoxy) is 4. The molecular weight excluding hydrogens is 398 g/mol. The van der Waals surface area contributed by atoms with Gasteiger partial charge in [0.2, 0.25) is 0 Å². The van der Waals surface area contributed by atoms with Crippen LogP contribution in [0.1, 0.15) is 11.1 Å². The van der Waals surface area contributed by atoms with E-state index in [4.69, 9.17) is 18.9 Å². The maximum atomic E-state index is 11.9. The van der Waals surface area contributed by atoms with Crippen molar-refractivity contribution in [2.24, 2.45) is 0 Å². The third kappa shape index (κ3) is 7.22. The number of benzene rings is 2. The van der Waals surface area contributed by atoms with E-state index in [2.05, 4.69) is 11.9 Å². The zero-order valence-electron chi connectivity index (χ0n) is 17.2. The number of nitrogens with one attached hydrogen (secondary N) is 1. The molecule has 0 bridgehead atoms. The van der Waals surface area contributed by atoms with Crippen LogP contribution in [0.15, 0.2) is 61.2 Å². The van der Waals surface area contributed by atoms with Crippen molar-refractivity contribution in [1.82, 2.24) is 5.32 Å². The molecule has 2 aromatic carbocycles. The van der Waals surface area contributed by atoms with Gasteiger partial charge in [0.15, 0.2) is 18.1 Å². The summed E-state index contributed by atoms with van der Waals surface area (Å²) in [6.07, 6.45) is 5.18. The van der Waals surface area contributed by atoms with Crippen molar-refractivity contribution in [2.45, 2.75) is 6.42 Å². The van der Waals surface area contributed by atoms with Crippen molar-refractivity contribution in [2.75, 3.05) is 33.0 Å². The van der Waals surface area contributed by atoms with Crippen LogP contribution in [0.5, 0.6) is 17.2 Å². The number of carbonyl (C=O) groups is 2. The number of hydrogen-bond donors (Lipinski definition) is 1. The summed E-state index contributed by atoms with van der Waals surface area (Å²) in [5.74, 6) is 1.22. The predicted octanol–water partition coefficient (Wildman–Crippen LogP) is 2.94. The standard InChI is InChI=1S/C24H25NO6/c1-2-13-28-20-7-3-18(4-8-20)6-10-24(27)31-17-23(26)25-12-11-19-5-9-21-22(16-19)30-15-14-29-21/h2-10,16H,1,11-15,17H2,(H,25,26)/b10-6+. The van der Waals surface area contributed by atoms with Gasteiger partial charge in [-0.2, -0.15) is 0 Å². The van der Waals surface area contributed by atoms with E-state index in [1.807, 2.05) is 30.3 Å². The van der Waals surface area contributed by atoms with Gasteiger partial charge < -0.3 is 24.3 Å². The predicted molar refractivity (Wildman–Crippen MR) is 116 cm³/mol. The van der Waals surface area contributed by atoms with Crippen LogP contribution < -0.4 is 19.5 Å². The number of esters is 1. The average Bonchev–Trinajstić information content (AvgIpc) is 2.80. The van der Waals surface area contributed by atoms with Crippen molar-refractivity contribution in [3.05, 3.63) is 72.3 Å². The van der Waals surface area contributed by atoms with E-state index in [0.717, 1.165) is 22.6 Å². The van der Waals surface area contributed by atoms with Crippen molar-refractivity contribution in [3.63, 3.8) is 0 Å². The lowest BCUT2D eigenvalue weighted by Crippen LogP contribution is -2.30. The quantitative estimate of drug-likeness (QED) is 0.359. The second kappa shape index (κ2) is 11.4. The summed E-state index contributed by atoms with van der Waals surface area (Å²) in [6.45, 7) is 5.19. The summed E-state index contributed by atoms with van der Waals surface area (Å²) in [5.41, 5.74) is 1.83. The first-order valence-corrected chi connectivity index (χ1v) is 9.98. The average molecular weight is 423 g/mol. The minimum atomic E-state index is -0.589. The minimum absolute atomic E-state index is 0.335. The molecule has 1 N–H and O–H groups in total. The Morgan fingerprint density at radius 2 is 1.84 bits per heavy atom. The molecule has 0 saturated carbocycles. The molecule has 1 amide bonds. The molecule has 0 aromatic heterocycles. The first-order chi connectivity index (χ1) is 15.1. The highest BCUT2D eigenvalue weighted by atomic mass is 16.6. The largest absolute Gasteiger partial charge is 0.490 e. The molecule has 1 aliphatic rings. The normalized spacial score (nSPS) is 12.3. The molecule has 7 heteroatoms. The molecule has 0 fully saturated rings. The zero-order valence-corrected chi connectivity index (χ0v) is 17.2. The van der Waals surface area contributed by atoms with Crippen LogP contribution in [0.25, 0.3) is 6.08 Å². The molecule has 162 valence electrons. The highest BCUT2D eigenvalue weighted by molar-refractivity contribution is 5.89. The first kappa shape index (κ1) is 22.0. The second-order valence-corrected chi connectivity index (χ2v) is 6.69.